The summed E-state index contributed by atoms with van der Waals surface area (Å²) in [7, 11) is -3.59. The average molecular weight is 295 g/mol. The van der Waals surface area contributed by atoms with Crippen LogP contribution >= 0.6 is 0 Å². The Kier molecular flexibility index (Phi) is 4.53. The van der Waals surface area contributed by atoms with Gasteiger partial charge in [0.2, 0.25) is 10.0 Å². The summed E-state index contributed by atoms with van der Waals surface area (Å²) in [5.74, 6) is 0. The number of rotatable bonds is 6. The van der Waals surface area contributed by atoms with E-state index in [0.29, 0.717) is 17.9 Å². The molecule has 0 aromatic carbocycles. The molecule has 2 aromatic rings. The Morgan fingerprint density at radius 1 is 1.40 bits per heavy atom. The van der Waals surface area contributed by atoms with Crippen LogP contribution in [0.2, 0.25) is 0 Å². The molecule has 0 aliphatic carbocycles. The first kappa shape index (κ1) is 14.7. The van der Waals surface area contributed by atoms with Gasteiger partial charge in [0, 0.05) is 24.6 Å². The molecule has 0 saturated carbocycles. The van der Waals surface area contributed by atoms with Crippen molar-refractivity contribution in [3.8, 4) is 0 Å². The van der Waals surface area contributed by atoms with Gasteiger partial charge in [-0.05, 0) is 18.2 Å². The second-order valence-electron chi connectivity index (χ2n) is 4.27. The highest BCUT2D eigenvalue weighted by Gasteiger charge is 2.24. The van der Waals surface area contributed by atoms with E-state index in [0.717, 1.165) is 0 Å². The van der Waals surface area contributed by atoms with E-state index in [9.17, 15) is 8.42 Å². The lowest BCUT2D eigenvalue weighted by Crippen LogP contribution is -2.30. The third kappa shape index (κ3) is 3.06. The third-order valence-electron chi connectivity index (χ3n) is 2.94. The quantitative estimate of drug-likeness (QED) is 0.836. The first-order chi connectivity index (χ1) is 9.57. The monoisotopic (exact) mass is 295 g/mol. The van der Waals surface area contributed by atoms with Crippen LogP contribution in [-0.4, -0.2) is 34.3 Å². The molecule has 7 heteroatoms. The standard InChI is InChI=1S/C13H17N3O3S/c1-2-16(9-11-5-3-4-6-14-11)20(18,19)13-7-12(10-17)15-8-13/h3-8,15,17H,2,9-10H2,1H3. The summed E-state index contributed by atoms with van der Waals surface area (Å²) in [5.41, 5.74) is 1.16. The maximum Gasteiger partial charge on any atom is 0.244 e. The maximum absolute atomic E-state index is 12.5. The highest BCUT2D eigenvalue weighted by molar-refractivity contribution is 7.89. The molecule has 0 aliphatic heterocycles. The molecule has 0 radical (unpaired) electrons. The fourth-order valence-corrected chi connectivity index (χ4v) is 3.29. The lowest BCUT2D eigenvalue weighted by molar-refractivity contribution is 0.277. The molecular weight excluding hydrogens is 278 g/mol. The number of aliphatic hydroxyl groups excluding tert-OH is 1. The molecule has 0 atom stereocenters. The molecule has 20 heavy (non-hydrogen) atoms. The van der Waals surface area contributed by atoms with Gasteiger partial charge in [-0.25, -0.2) is 8.42 Å². The van der Waals surface area contributed by atoms with Gasteiger partial charge in [-0.3, -0.25) is 4.98 Å². The predicted molar refractivity (Wildman–Crippen MR) is 74.2 cm³/mol. The van der Waals surface area contributed by atoms with Gasteiger partial charge in [-0.1, -0.05) is 13.0 Å². The van der Waals surface area contributed by atoms with Gasteiger partial charge in [0.05, 0.1) is 23.7 Å². The average Bonchev–Trinajstić information content (AvgIpc) is 2.95. The largest absolute Gasteiger partial charge is 0.390 e. The first-order valence-corrected chi connectivity index (χ1v) is 7.70. The Balaban J connectivity index is 2.25. The van der Waals surface area contributed by atoms with Crippen LogP contribution < -0.4 is 0 Å². The maximum atomic E-state index is 12.5. The van der Waals surface area contributed by atoms with Crippen molar-refractivity contribution >= 4 is 10.0 Å². The number of hydrogen-bond acceptors (Lipinski definition) is 4. The smallest absolute Gasteiger partial charge is 0.244 e. The molecule has 0 spiro atoms. The first-order valence-electron chi connectivity index (χ1n) is 6.26. The lowest BCUT2D eigenvalue weighted by atomic mass is 10.3. The van der Waals surface area contributed by atoms with Gasteiger partial charge in [-0.2, -0.15) is 4.31 Å². The van der Waals surface area contributed by atoms with Crippen molar-refractivity contribution in [1.82, 2.24) is 14.3 Å². The Labute approximate surface area is 118 Å². The zero-order chi connectivity index (χ0) is 14.6. The van der Waals surface area contributed by atoms with Gasteiger partial charge >= 0.3 is 0 Å². The van der Waals surface area contributed by atoms with Crippen molar-refractivity contribution in [2.24, 2.45) is 0 Å². The van der Waals surface area contributed by atoms with Gasteiger partial charge in [0.1, 0.15) is 0 Å². The van der Waals surface area contributed by atoms with E-state index in [1.165, 1.54) is 16.6 Å². The minimum Gasteiger partial charge on any atom is -0.390 e. The minimum absolute atomic E-state index is 0.152. The number of nitrogens with zero attached hydrogens (tertiary/aromatic N) is 2. The Morgan fingerprint density at radius 3 is 2.75 bits per heavy atom. The SMILES string of the molecule is CCN(Cc1ccccn1)S(=O)(=O)c1c[nH]c(CO)c1. The molecule has 6 nitrogen and oxygen atoms in total. The van der Waals surface area contributed by atoms with Crippen LogP contribution in [0, 0.1) is 0 Å². The zero-order valence-electron chi connectivity index (χ0n) is 11.2. The number of hydrogen-bond donors (Lipinski definition) is 2. The highest BCUT2D eigenvalue weighted by atomic mass is 32.2. The van der Waals surface area contributed by atoms with Gasteiger partial charge in [0.25, 0.3) is 0 Å². The van der Waals surface area contributed by atoms with Crippen molar-refractivity contribution < 1.29 is 13.5 Å². The number of aliphatic hydroxyl groups is 1. The Bertz CT molecular complexity index is 653. The van der Waals surface area contributed by atoms with Crippen LogP contribution in [0.1, 0.15) is 18.3 Å². The molecule has 2 rings (SSSR count). The molecular formula is C13H17N3O3S. The predicted octanol–water partition coefficient (Wildman–Crippen LogP) is 1.11. The van der Waals surface area contributed by atoms with Gasteiger partial charge < -0.3 is 10.1 Å². The number of pyridine rings is 1. The molecule has 0 aliphatic rings. The van der Waals surface area contributed by atoms with Crippen LogP contribution in [-0.2, 0) is 23.2 Å². The van der Waals surface area contributed by atoms with E-state index in [2.05, 4.69) is 9.97 Å². The molecule has 108 valence electrons. The summed E-state index contributed by atoms with van der Waals surface area (Å²) in [6, 6.07) is 6.84. The molecule has 0 amide bonds. The number of nitrogens with one attached hydrogen (secondary N) is 1. The third-order valence-corrected chi connectivity index (χ3v) is 4.84. The van der Waals surface area contributed by atoms with Gasteiger partial charge in [-0.15, -0.1) is 0 Å². The van der Waals surface area contributed by atoms with Crippen LogP contribution in [0.4, 0.5) is 0 Å². The number of aromatic amines is 1. The van der Waals surface area contributed by atoms with E-state index in [1.54, 1.807) is 25.3 Å². The van der Waals surface area contributed by atoms with Crippen molar-refractivity contribution in [2.45, 2.75) is 25.0 Å². The summed E-state index contributed by atoms with van der Waals surface area (Å²) in [6.45, 7) is 2.12. The second kappa shape index (κ2) is 6.17. The Hall–Kier alpha value is -1.70. The minimum atomic E-state index is -3.59. The second-order valence-corrected chi connectivity index (χ2v) is 6.21. The van der Waals surface area contributed by atoms with E-state index in [4.69, 9.17) is 5.11 Å². The van der Waals surface area contributed by atoms with Crippen molar-refractivity contribution in [1.29, 1.82) is 0 Å². The van der Waals surface area contributed by atoms with E-state index in [1.807, 2.05) is 6.07 Å². The fourth-order valence-electron chi connectivity index (χ4n) is 1.85. The van der Waals surface area contributed by atoms with E-state index >= 15 is 0 Å². The summed E-state index contributed by atoms with van der Waals surface area (Å²) >= 11 is 0. The summed E-state index contributed by atoms with van der Waals surface area (Å²) in [6.07, 6.45) is 3.03. The fraction of sp³-hybridized carbons (Fsp3) is 0.308. The summed E-state index contributed by atoms with van der Waals surface area (Å²) < 4.78 is 26.3. The Morgan fingerprint density at radius 2 is 2.20 bits per heavy atom. The van der Waals surface area contributed by atoms with Crippen LogP contribution in [0.25, 0.3) is 0 Å². The van der Waals surface area contributed by atoms with Crippen LogP contribution in [0.3, 0.4) is 0 Å². The summed E-state index contributed by atoms with van der Waals surface area (Å²) in [5, 5.41) is 9.00. The number of H-pyrrole nitrogens is 1. The normalized spacial score (nSPS) is 11.9. The highest BCUT2D eigenvalue weighted by Crippen LogP contribution is 2.18. The van der Waals surface area contributed by atoms with Crippen molar-refractivity contribution in [3.05, 3.63) is 48.0 Å². The van der Waals surface area contributed by atoms with E-state index < -0.39 is 10.0 Å². The number of aromatic nitrogens is 2. The molecule has 0 saturated heterocycles. The van der Waals surface area contributed by atoms with Gasteiger partial charge in [0.15, 0.2) is 0 Å². The topological polar surface area (TPSA) is 86.3 Å². The molecule has 0 unspecified atom stereocenters. The molecule has 2 N–H and O–H groups in total. The van der Waals surface area contributed by atoms with Crippen molar-refractivity contribution in [2.75, 3.05) is 6.54 Å². The van der Waals surface area contributed by atoms with Crippen LogP contribution in [0.15, 0.2) is 41.6 Å². The van der Waals surface area contributed by atoms with Crippen LogP contribution in [0.5, 0.6) is 0 Å². The van der Waals surface area contributed by atoms with E-state index in [-0.39, 0.29) is 18.0 Å². The van der Waals surface area contributed by atoms with Crippen molar-refractivity contribution in [3.63, 3.8) is 0 Å². The number of sulfonamides is 1. The lowest BCUT2D eigenvalue weighted by Gasteiger charge is -2.19. The zero-order valence-corrected chi connectivity index (χ0v) is 12.0. The molecule has 0 bridgehead atoms. The molecule has 0 fully saturated rings. The summed E-state index contributed by atoms with van der Waals surface area (Å²) in [4.78, 5) is 7.03. The molecule has 2 aromatic heterocycles. The molecule has 2 heterocycles.